The monoisotopic (exact) mass is 290 g/mol. The Balaban J connectivity index is 1.81. The summed E-state index contributed by atoms with van der Waals surface area (Å²) in [6, 6.07) is 2.16. The second-order valence-corrected chi connectivity index (χ2v) is 5.79. The van der Waals surface area contributed by atoms with E-state index < -0.39 is 11.7 Å². The number of aromatic nitrogens is 1. The SMILES string of the molecule is FC(F)(F)c1cc(Cl)nc(NC(C2CC2)C2CC2)c1. The molecule has 19 heavy (non-hydrogen) atoms. The maximum atomic E-state index is 12.7. The first kappa shape index (κ1) is 13.0. The number of hydrogen-bond acceptors (Lipinski definition) is 2. The number of nitrogens with one attached hydrogen (secondary N) is 1. The summed E-state index contributed by atoms with van der Waals surface area (Å²) in [4.78, 5) is 3.96. The van der Waals surface area contributed by atoms with E-state index >= 15 is 0 Å². The van der Waals surface area contributed by atoms with Gasteiger partial charge >= 0.3 is 6.18 Å². The lowest BCUT2D eigenvalue weighted by atomic mass is 10.1. The minimum absolute atomic E-state index is 0.123. The van der Waals surface area contributed by atoms with Gasteiger partial charge in [-0.25, -0.2) is 4.98 Å². The highest BCUT2D eigenvalue weighted by molar-refractivity contribution is 6.29. The molecule has 1 aromatic heterocycles. The van der Waals surface area contributed by atoms with Crippen LogP contribution in [0, 0.1) is 11.8 Å². The van der Waals surface area contributed by atoms with Crippen LogP contribution in [-0.2, 0) is 6.18 Å². The van der Waals surface area contributed by atoms with Gasteiger partial charge in [-0.1, -0.05) is 11.6 Å². The largest absolute Gasteiger partial charge is 0.416 e. The molecule has 2 fully saturated rings. The molecule has 0 unspecified atom stereocenters. The quantitative estimate of drug-likeness (QED) is 0.834. The maximum absolute atomic E-state index is 12.7. The number of hydrogen-bond donors (Lipinski definition) is 1. The highest BCUT2D eigenvalue weighted by Gasteiger charge is 2.42. The van der Waals surface area contributed by atoms with E-state index in [4.69, 9.17) is 11.6 Å². The molecule has 0 aromatic carbocycles. The van der Waals surface area contributed by atoms with Gasteiger partial charge in [0.15, 0.2) is 0 Å². The average Bonchev–Trinajstić information content (AvgIpc) is 3.16. The summed E-state index contributed by atoms with van der Waals surface area (Å²) in [5.74, 6) is 1.41. The van der Waals surface area contributed by atoms with Gasteiger partial charge in [0.1, 0.15) is 11.0 Å². The molecule has 0 radical (unpaired) electrons. The topological polar surface area (TPSA) is 24.9 Å². The summed E-state index contributed by atoms with van der Waals surface area (Å²) in [5.41, 5.74) is -0.750. The zero-order chi connectivity index (χ0) is 13.6. The van der Waals surface area contributed by atoms with Gasteiger partial charge in [0.05, 0.1) is 5.56 Å². The average molecular weight is 291 g/mol. The summed E-state index contributed by atoms with van der Waals surface area (Å²) in [6.45, 7) is 0. The molecule has 0 aliphatic heterocycles. The summed E-state index contributed by atoms with van der Waals surface area (Å²) in [6.07, 6.45) is 0.223. The van der Waals surface area contributed by atoms with Crippen molar-refractivity contribution in [3.05, 3.63) is 22.8 Å². The Hall–Kier alpha value is -0.970. The summed E-state index contributed by atoms with van der Waals surface area (Å²) in [5, 5.41) is 3.04. The highest BCUT2D eigenvalue weighted by atomic mass is 35.5. The van der Waals surface area contributed by atoms with Crippen LogP contribution in [0.15, 0.2) is 12.1 Å². The van der Waals surface area contributed by atoms with Gasteiger partial charge in [-0.3, -0.25) is 0 Å². The van der Waals surface area contributed by atoms with Crippen LogP contribution in [0.2, 0.25) is 5.15 Å². The number of halogens is 4. The smallest absolute Gasteiger partial charge is 0.367 e. The van der Waals surface area contributed by atoms with Crippen molar-refractivity contribution in [3.63, 3.8) is 0 Å². The van der Waals surface area contributed by atoms with E-state index in [1.165, 1.54) is 0 Å². The fourth-order valence-electron chi connectivity index (χ4n) is 2.44. The Morgan fingerprint density at radius 3 is 2.21 bits per heavy atom. The first-order valence-corrected chi connectivity index (χ1v) is 6.82. The van der Waals surface area contributed by atoms with E-state index in [2.05, 4.69) is 10.3 Å². The molecule has 6 heteroatoms. The number of anilines is 1. The Bertz CT molecular complexity index is 469. The minimum atomic E-state index is -4.39. The molecular weight excluding hydrogens is 277 g/mol. The van der Waals surface area contributed by atoms with Gasteiger partial charge in [-0.2, -0.15) is 13.2 Å². The zero-order valence-corrected chi connectivity index (χ0v) is 10.9. The van der Waals surface area contributed by atoms with Crippen LogP contribution in [0.1, 0.15) is 31.2 Å². The predicted molar refractivity (Wildman–Crippen MR) is 67.1 cm³/mol. The molecule has 2 nitrogen and oxygen atoms in total. The third-order valence-corrected chi connectivity index (χ3v) is 3.89. The summed E-state index contributed by atoms with van der Waals surface area (Å²) in [7, 11) is 0. The highest BCUT2D eigenvalue weighted by Crippen LogP contribution is 2.46. The molecule has 104 valence electrons. The van der Waals surface area contributed by atoms with Gasteiger partial charge < -0.3 is 5.32 Å². The molecule has 0 amide bonds. The summed E-state index contributed by atoms with van der Waals surface area (Å²) >= 11 is 5.68. The third-order valence-electron chi connectivity index (χ3n) is 3.70. The Labute approximate surface area is 114 Å². The molecule has 2 saturated carbocycles. The van der Waals surface area contributed by atoms with Crippen molar-refractivity contribution in [1.82, 2.24) is 4.98 Å². The lowest BCUT2D eigenvalue weighted by Gasteiger charge is -2.19. The molecule has 0 spiro atoms. The van der Waals surface area contributed by atoms with Gasteiger partial charge in [-0.15, -0.1) is 0 Å². The van der Waals surface area contributed by atoms with Gasteiger partial charge in [0.25, 0.3) is 0 Å². The Kier molecular flexibility index (Phi) is 3.12. The van der Waals surface area contributed by atoms with Crippen LogP contribution in [0.4, 0.5) is 19.0 Å². The van der Waals surface area contributed by atoms with Gasteiger partial charge in [0, 0.05) is 6.04 Å². The fourth-order valence-corrected chi connectivity index (χ4v) is 2.65. The van der Waals surface area contributed by atoms with Crippen molar-refractivity contribution in [2.75, 3.05) is 5.32 Å². The molecule has 3 rings (SSSR count). The first-order valence-electron chi connectivity index (χ1n) is 6.45. The van der Waals surface area contributed by atoms with E-state index in [9.17, 15) is 13.2 Å². The normalized spacial score (nSPS) is 19.8. The lowest BCUT2D eigenvalue weighted by Crippen LogP contribution is -2.25. The van der Waals surface area contributed by atoms with Gasteiger partial charge in [-0.05, 0) is 49.7 Å². The van der Waals surface area contributed by atoms with Crippen molar-refractivity contribution in [1.29, 1.82) is 0 Å². The number of pyridine rings is 1. The van der Waals surface area contributed by atoms with E-state index in [-0.39, 0.29) is 17.0 Å². The zero-order valence-electron chi connectivity index (χ0n) is 10.2. The van der Waals surface area contributed by atoms with Gasteiger partial charge in [0.2, 0.25) is 0 Å². The van der Waals surface area contributed by atoms with Crippen molar-refractivity contribution in [2.24, 2.45) is 11.8 Å². The molecule has 0 bridgehead atoms. The number of nitrogens with zero attached hydrogens (tertiary/aromatic N) is 1. The number of rotatable bonds is 4. The summed E-state index contributed by atoms with van der Waals surface area (Å²) < 4.78 is 38.1. The molecule has 2 aliphatic rings. The molecule has 1 aromatic rings. The third kappa shape index (κ3) is 3.14. The second kappa shape index (κ2) is 4.54. The predicted octanol–water partition coefficient (Wildman–Crippen LogP) is 4.35. The standard InChI is InChI=1S/C13H14ClF3N2/c14-10-5-9(13(15,16)17)6-11(18-10)19-12(7-1-2-7)8-3-4-8/h5-8,12H,1-4H2,(H,18,19). The van der Waals surface area contributed by atoms with Crippen molar-refractivity contribution >= 4 is 17.4 Å². The van der Waals surface area contributed by atoms with Crippen molar-refractivity contribution in [2.45, 2.75) is 37.9 Å². The first-order chi connectivity index (χ1) is 8.93. The minimum Gasteiger partial charge on any atom is -0.367 e. The van der Waals surface area contributed by atoms with Crippen molar-refractivity contribution in [3.8, 4) is 0 Å². The van der Waals surface area contributed by atoms with E-state index in [0.29, 0.717) is 11.8 Å². The molecule has 1 N–H and O–H groups in total. The maximum Gasteiger partial charge on any atom is 0.416 e. The molecule has 0 saturated heterocycles. The van der Waals surface area contributed by atoms with E-state index in [1.807, 2.05) is 0 Å². The van der Waals surface area contributed by atoms with Crippen molar-refractivity contribution < 1.29 is 13.2 Å². The molecular formula is C13H14ClF3N2. The molecule has 2 aliphatic carbocycles. The van der Waals surface area contributed by atoms with Crippen LogP contribution in [0.3, 0.4) is 0 Å². The van der Waals surface area contributed by atoms with E-state index in [0.717, 1.165) is 37.8 Å². The fraction of sp³-hybridized carbons (Fsp3) is 0.615. The lowest BCUT2D eigenvalue weighted by molar-refractivity contribution is -0.137. The molecule has 1 heterocycles. The van der Waals surface area contributed by atoms with Crippen LogP contribution < -0.4 is 5.32 Å². The Morgan fingerprint density at radius 2 is 1.74 bits per heavy atom. The molecule has 0 atom stereocenters. The van der Waals surface area contributed by atoms with Crippen LogP contribution in [-0.4, -0.2) is 11.0 Å². The second-order valence-electron chi connectivity index (χ2n) is 5.41. The van der Waals surface area contributed by atoms with Crippen LogP contribution in [0.5, 0.6) is 0 Å². The number of alkyl halides is 3. The van der Waals surface area contributed by atoms with E-state index in [1.54, 1.807) is 0 Å². The Morgan fingerprint density at radius 1 is 1.16 bits per heavy atom. The van der Waals surface area contributed by atoms with Crippen LogP contribution >= 0.6 is 11.6 Å². The van der Waals surface area contributed by atoms with Crippen LogP contribution in [0.25, 0.3) is 0 Å².